The number of esters is 4. The van der Waals surface area contributed by atoms with Gasteiger partial charge in [-0.2, -0.15) is 0 Å². The van der Waals surface area contributed by atoms with Crippen molar-refractivity contribution >= 4 is 69.8 Å². The zero-order valence-corrected chi connectivity index (χ0v) is 85.6. The van der Waals surface area contributed by atoms with E-state index < -0.39 is 35.0 Å². The van der Waals surface area contributed by atoms with Crippen LogP contribution in [-0.4, -0.2) is 89.8 Å². The third kappa shape index (κ3) is 37.4. The largest absolute Gasteiger partial charge is 0.508 e. The quantitative estimate of drug-likeness (QED) is 0.0106. The molecule has 1 aliphatic heterocycles. The molecule has 11 rings (SSSR count). The zero-order chi connectivity index (χ0) is 97.3. The first-order valence-electron chi connectivity index (χ1n) is 49.5. The number of hydrogen-bond acceptors (Lipinski definition) is 15. The number of carbonyl (C=O) groups excluding carboxylic acids is 5. The minimum atomic E-state index is -2.33. The number of amides is 1. The number of nitrogens with zero attached hydrogens (tertiary/aromatic N) is 1. The summed E-state index contributed by atoms with van der Waals surface area (Å²) in [5.41, 5.74) is 15.6. The molecule has 1 heterocycles. The summed E-state index contributed by atoms with van der Waals surface area (Å²) in [5.74, 6) is 2.56. The summed E-state index contributed by atoms with van der Waals surface area (Å²) >= 11 is 9.38. The summed E-state index contributed by atoms with van der Waals surface area (Å²) in [5, 5.41) is 10.8. The van der Waals surface area contributed by atoms with Gasteiger partial charge in [0.2, 0.25) is 5.91 Å². The summed E-state index contributed by atoms with van der Waals surface area (Å²) in [4.78, 5) is 58.7. The number of benzene rings is 8. The second kappa shape index (κ2) is 60.3. The molecule has 17 nitrogen and oxygen atoms in total. The number of aromatic hydroxyl groups is 1. The highest BCUT2D eigenvalue weighted by Crippen LogP contribution is 2.68. The number of rotatable bonds is 47. The van der Waals surface area contributed by atoms with E-state index >= 15 is 0 Å². The van der Waals surface area contributed by atoms with E-state index in [9.17, 15) is 32.7 Å². The predicted octanol–water partition coefficient (Wildman–Crippen LogP) is 30.3. The van der Waals surface area contributed by atoms with Crippen molar-refractivity contribution in [3.63, 3.8) is 0 Å². The smallest absolute Gasteiger partial charge is 0.338 e. The van der Waals surface area contributed by atoms with E-state index in [1.54, 1.807) is 19.1 Å². The molecule has 8 aromatic carbocycles. The Morgan fingerprint density at radius 3 is 1.30 bits per heavy atom. The first-order valence-corrected chi connectivity index (χ1v) is 51.3. The highest BCUT2D eigenvalue weighted by molar-refractivity contribution is 7.79. The third-order valence-corrected chi connectivity index (χ3v) is 26.1. The topological polar surface area (TPSA) is 223 Å². The van der Waals surface area contributed by atoms with E-state index in [-0.39, 0.29) is 72.1 Å². The Morgan fingerprint density at radius 2 is 0.895 bits per heavy atom. The average molecular weight is 1890 g/mol. The van der Waals surface area contributed by atoms with Gasteiger partial charge in [0.05, 0.1) is 89.4 Å². The lowest BCUT2D eigenvalue weighted by Gasteiger charge is -2.31. The van der Waals surface area contributed by atoms with Crippen LogP contribution in [0, 0.1) is 19.8 Å². The van der Waals surface area contributed by atoms with Crippen molar-refractivity contribution in [3.05, 3.63) is 241 Å². The summed E-state index contributed by atoms with van der Waals surface area (Å²) < 4.78 is 60.3. The normalized spacial score (nSPS) is 15.0. The number of phenolic OH excluding ortho intramolecular Hbond substituents is 1. The van der Waals surface area contributed by atoms with Crippen molar-refractivity contribution in [2.24, 2.45) is 5.92 Å². The molecule has 3 aliphatic rings. The van der Waals surface area contributed by atoms with E-state index in [4.69, 9.17) is 61.5 Å². The minimum Gasteiger partial charge on any atom is -0.508 e. The Kier molecular flexibility index (Phi) is 51.0. The van der Waals surface area contributed by atoms with E-state index in [2.05, 4.69) is 180 Å². The molecule has 3 N–H and O–H groups in total. The van der Waals surface area contributed by atoms with Gasteiger partial charge in [0.15, 0.2) is 28.3 Å². The molecule has 1 saturated heterocycles. The number of ether oxygens (including phenoxy) is 7. The molecule has 133 heavy (non-hydrogen) atoms. The molecule has 0 spiro atoms. The van der Waals surface area contributed by atoms with Crippen molar-refractivity contribution in [1.29, 1.82) is 0 Å². The van der Waals surface area contributed by atoms with Gasteiger partial charge in [-0.05, 0) is 200 Å². The molecular weight excluding hydrogens is 1730 g/mol. The van der Waals surface area contributed by atoms with Crippen LogP contribution in [0.4, 0.5) is 5.69 Å². The van der Waals surface area contributed by atoms with Crippen LogP contribution >= 0.6 is 23.2 Å². The Bertz CT molecular complexity index is 4690. The predicted molar refractivity (Wildman–Crippen MR) is 546 cm³/mol. The minimum absolute atomic E-state index is 0.00653. The molecule has 0 bridgehead atoms. The number of halogens is 2. The molecule has 0 saturated carbocycles. The number of phenols is 1. The van der Waals surface area contributed by atoms with Crippen LogP contribution in [0.3, 0.4) is 0 Å². The highest BCUT2D eigenvalue weighted by atomic mass is 35.5. The van der Waals surface area contributed by atoms with Gasteiger partial charge in [0.25, 0.3) is 0 Å². The lowest BCUT2D eigenvalue weighted by Crippen LogP contribution is -2.32. The Morgan fingerprint density at radius 1 is 0.496 bits per heavy atom. The van der Waals surface area contributed by atoms with Gasteiger partial charge in [0.1, 0.15) is 11.5 Å². The van der Waals surface area contributed by atoms with Crippen LogP contribution in [0.1, 0.15) is 383 Å². The Hall–Kier alpha value is -9.20. The third-order valence-electron chi connectivity index (χ3n) is 24.9. The molecular formula is C113H158Cl2N2O15S. The number of fused-ring (bicyclic) bond motifs is 5. The molecule has 5 unspecified atom stereocenters. The van der Waals surface area contributed by atoms with Gasteiger partial charge >= 0.3 is 23.9 Å². The summed E-state index contributed by atoms with van der Waals surface area (Å²) in [7, 11) is 0. The van der Waals surface area contributed by atoms with Crippen LogP contribution in [0.15, 0.2) is 175 Å². The van der Waals surface area contributed by atoms with Crippen LogP contribution in [0.25, 0.3) is 0 Å². The molecule has 20 heteroatoms. The first kappa shape index (κ1) is 113. The molecule has 0 aromatic heterocycles. The maximum atomic E-state index is 12.6. The van der Waals surface area contributed by atoms with E-state index in [1.807, 2.05) is 61.3 Å². The lowest BCUT2D eigenvalue weighted by molar-refractivity contribution is -0.132. The number of hydrogen-bond donors (Lipinski definition) is 3. The summed E-state index contributed by atoms with van der Waals surface area (Å²) in [6.45, 7) is 40.4. The fourth-order valence-electron chi connectivity index (χ4n) is 17.5. The van der Waals surface area contributed by atoms with E-state index in [0.29, 0.717) is 49.9 Å². The molecule has 2 aliphatic carbocycles. The van der Waals surface area contributed by atoms with Gasteiger partial charge in [-0.25, -0.2) is 18.6 Å². The van der Waals surface area contributed by atoms with Crippen molar-refractivity contribution in [2.45, 2.75) is 343 Å². The number of carbonyl (C=O) groups is 5. The highest BCUT2D eigenvalue weighted by Gasteiger charge is 2.59. The Balaban J connectivity index is 0.000000264. The molecule has 1 amide bonds. The molecule has 8 aromatic rings. The average Bonchev–Trinajstić information content (AvgIpc) is 1.52. The van der Waals surface area contributed by atoms with Gasteiger partial charge in [0, 0.05) is 18.8 Å². The van der Waals surface area contributed by atoms with Crippen molar-refractivity contribution in [1.82, 2.24) is 5.43 Å². The van der Waals surface area contributed by atoms with Crippen LogP contribution in [0.5, 0.6) is 28.7 Å². The number of nitrogens with one attached hydrogen (secondary N) is 1. The molecule has 5 atom stereocenters. The van der Waals surface area contributed by atoms with Gasteiger partial charge in [-0.3, -0.25) is 20.0 Å². The SMILES string of the molecule is CC1CN(c2ccccc2)NC1=O.CCC(CC(C)(C)c1ccccc1)c1ccccc1.CCCCCCCCCCCCCCOC(=O)c1cc(C(=O)OCCCCCCCCCCCCCC)cc(S(=O)O)c1.CCCOc1cc2c(cc1C)C(C)(C)C1c3cc(OCCC)c(OCCC)cc3C(C)(C)C21.CCOC(=O)c1cc(Cl)c(OC(C)=O)c(Cl)c1.Cc1ccc(O)cc1. The van der Waals surface area contributed by atoms with Crippen LogP contribution in [-0.2, 0) is 51.1 Å². The number of aryl methyl sites for hydroxylation is 2. The van der Waals surface area contributed by atoms with Crippen LogP contribution < -0.4 is 29.4 Å². The fraction of sp³-hybridized carbons (Fsp3) is 0.531. The fourth-order valence-corrected chi connectivity index (χ4v) is 18.5. The first-order chi connectivity index (χ1) is 63.8. The zero-order valence-electron chi connectivity index (χ0n) is 83.2. The van der Waals surface area contributed by atoms with Crippen molar-refractivity contribution in [3.8, 4) is 28.7 Å². The maximum absolute atomic E-state index is 12.6. The summed E-state index contributed by atoms with van der Waals surface area (Å²) in [6.07, 6.45) is 34.8. The van der Waals surface area contributed by atoms with E-state index in [0.717, 1.165) is 93.9 Å². The monoisotopic (exact) mass is 1890 g/mol. The Labute approximate surface area is 810 Å². The van der Waals surface area contributed by atoms with Gasteiger partial charge < -0.3 is 42.8 Å². The number of unbranched alkanes of at least 4 members (excludes halogenated alkanes) is 22. The summed E-state index contributed by atoms with van der Waals surface area (Å²) in [6, 6.07) is 54.7. The standard InChI is InChI=1S/C36H62O6S.C30H42O3.C19H24.C11H10Cl2O4.C10H12N2O.C7H8O/c1-3-5-7-9-11-13-15-17-19-21-23-25-27-41-35(37)32-29-33(31-34(30-32)43(39)40)36(38)42-28-26-24-22-20-18-16-14-12-10-8-6-4-2;1-9-12-31-24-16-20-22(15-19(24)4)29(5,6)28-21-17-25(32-13-10-2)26(33-14-11-3)18-23(21)30(7,8)27(20)28;1-4-16(17-11-7-5-8-12-17)15-19(2,3)18-13-9-6-10-14-18;1-3-16-11(15)7-4-8(12)10(9(13)5-7)17-6(2)14;1-8-7-12(11-10(8)13)9-5-3-2-4-6-9;1-6-2-4-7(8)5-3-6/h29-31H,3-28H2,1-2H3,(H,39,40);15-18,27-28H,9-14H2,1-8H3;5-14,16H,4,15H2,1-3H3;4-5H,3H2,1-2H3;2-6,8H,7H2,1H3,(H,11,13);2-5,8H,1H3. The maximum Gasteiger partial charge on any atom is 0.338 e. The molecule has 1 fully saturated rings. The van der Waals surface area contributed by atoms with Crippen molar-refractivity contribution < 1.29 is 71.0 Å². The second-order valence-corrected chi connectivity index (χ2v) is 39.1. The lowest BCUT2D eigenvalue weighted by atomic mass is 9.72. The van der Waals surface area contributed by atoms with E-state index in [1.165, 1.54) is 210 Å². The number of hydrazine groups is 1. The van der Waals surface area contributed by atoms with Crippen molar-refractivity contribution in [2.75, 3.05) is 51.2 Å². The number of anilines is 1. The number of para-hydroxylation sites is 1. The van der Waals surface area contributed by atoms with Gasteiger partial charge in [-0.15, -0.1) is 0 Å². The second-order valence-electron chi connectivity index (χ2n) is 37.3. The van der Waals surface area contributed by atoms with Gasteiger partial charge in [-0.1, -0.05) is 357 Å². The van der Waals surface area contributed by atoms with Crippen LogP contribution in [0.2, 0.25) is 10.0 Å². The molecule has 0 radical (unpaired) electrons. The molecule has 730 valence electrons.